The van der Waals surface area contributed by atoms with Crippen molar-refractivity contribution in [2.45, 2.75) is 110 Å². The molecule has 0 saturated heterocycles. The summed E-state index contributed by atoms with van der Waals surface area (Å²) in [6.45, 7) is 8.78. The van der Waals surface area contributed by atoms with Crippen LogP contribution in [0.1, 0.15) is 121 Å². The van der Waals surface area contributed by atoms with E-state index in [1.807, 2.05) is 6.07 Å². The topological polar surface area (TPSA) is 66.4 Å². The van der Waals surface area contributed by atoms with Gasteiger partial charge in [-0.05, 0) is 35.8 Å². The monoisotopic (exact) mass is 417 g/mol. The van der Waals surface area contributed by atoms with Gasteiger partial charge in [0.05, 0.1) is 6.42 Å². The van der Waals surface area contributed by atoms with E-state index in [0.29, 0.717) is 24.9 Å². The van der Waals surface area contributed by atoms with E-state index in [1.54, 1.807) is 0 Å². The number of hydrogen-bond acceptors (Lipinski definition) is 3. The third-order valence-electron chi connectivity index (χ3n) is 5.61. The van der Waals surface area contributed by atoms with Gasteiger partial charge in [-0.15, -0.1) is 0 Å². The van der Waals surface area contributed by atoms with E-state index < -0.39 is 0 Å². The van der Waals surface area contributed by atoms with Crippen LogP contribution in [-0.2, 0) is 9.59 Å². The van der Waals surface area contributed by atoms with Crippen LogP contribution in [0.3, 0.4) is 0 Å². The number of anilines is 1. The third kappa shape index (κ3) is 10.4. The average Bonchev–Trinajstić information content (AvgIpc) is 2.69. The van der Waals surface area contributed by atoms with Crippen molar-refractivity contribution >= 4 is 17.4 Å². The predicted molar refractivity (Wildman–Crippen MR) is 126 cm³/mol. The predicted octanol–water partition coefficient (Wildman–Crippen LogP) is 6.72. The summed E-state index contributed by atoms with van der Waals surface area (Å²) < 4.78 is 0. The molecule has 2 N–H and O–H groups in total. The maximum atomic E-state index is 12.5. The molecule has 1 aromatic carbocycles. The molecule has 0 heterocycles. The number of aliphatic hydroxyl groups is 1. The fourth-order valence-corrected chi connectivity index (χ4v) is 3.82. The van der Waals surface area contributed by atoms with Crippen LogP contribution in [0.2, 0.25) is 0 Å². The van der Waals surface area contributed by atoms with Gasteiger partial charge in [-0.25, -0.2) is 0 Å². The molecule has 4 nitrogen and oxygen atoms in total. The van der Waals surface area contributed by atoms with E-state index in [0.717, 1.165) is 48.9 Å². The Morgan fingerprint density at radius 2 is 1.27 bits per heavy atom. The average molecular weight is 418 g/mol. The van der Waals surface area contributed by atoms with Crippen molar-refractivity contribution < 1.29 is 14.7 Å². The zero-order chi connectivity index (χ0) is 22.4. The first-order chi connectivity index (χ1) is 14.4. The number of unbranched alkanes of at least 4 members (excludes halogenated alkanes) is 8. The highest BCUT2D eigenvalue weighted by Crippen LogP contribution is 2.32. The highest BCUT2D eigenvalue weighted by molar-refractivity contribution is 6.05. The number of ketones is 1. The molecule has 0 atom stereocenters. The van der Waals surface area contributed by atoms with Gasteiger partial charge in [0.1, 0.15) is 5.78 Å². The summed E-state index contributed by atoms with van der Waals surface area (Å²) >= 11 is 0. The first-order valence-corrected chi connectivity index (χ1v) is 11.9. The summed E-state index contributed by atoms with van der Waals surface area (Å²) in [7, 11) is 0. The van der Waals surface area contributed by atoms with E-state index in [-0.39, 0.29) is 18.1 Å². The van der Waals surface area contributed by atoms with E-state index in [9.17, 15) is 9.59 Å². The van der Waals surface area contributed by atoms with Crippen molar-refractivity contribution in [3.8, 4) is 0 Å². The summed E-state index contributed by atoms with van der Waals surface area (Å²) in [6.07, 6.45) is 10.4. The lowest BCUT2D eigenvalue weighted by atomic mass is 9.92. The minimum atomic E-state index is -0.196. The minimum Gasteiger partial charge on any atom is -0.396 e. The maximum absolute atomic E-state index is 12.5. The Morgan fingerprint density at radius 1 is 0.800 bits per heavy atom. The van der Waals surface area contributed by atoms with Gasteiger partial charge in [0.15, 0.2) is 0 Å². The molecule has 0 aliphatic rings. The number of rotatable bonds is 16. The van der Waals surface area contributed by atoms with Crippen molar-refractivity contribution in [2.24, 2.45) is 0 Å². The molecule has 0 aromatic heterocycles. The van der Waals surface area contributed by atoms with Crippen LogP contribution in [0.15, 0.2) is 18.2 Å². The lowest BCUT2D eigenvalue weighted by molar-refractivity contribution is -0.125. The molecule has 4 heteroatoms. The number of nitrogens with one attached hydrogen (secondary N) is 1. The van der Waals surface area contributed by atoms with Crippen LogP contribution in [0.5, 0.6) is 0 Å². The smallest absolute Gasteiger partial charge is 0.231 e. The normalized spacial score (nSPS) is 11.3. The van der Waals surface area contributed by atoms with Crippen LogP contribution in [-0.4, -0.2) is 23.4 Å². The van der Waals surface area contributed by atoms with Gasteiger partial charge in [-0.3, -0.25) is 9.59 Å². The van der Waals surface area contributed by atoms with Gasteiger partial charge in [0.2, 0.25) is 5.91 Å². The van der Waals surface area contributed by atoms with E-state index in [1.165, 1.54) is 25.7 Å². The molecule has 0 aliphatic carbocycles. The van der Waals surface area contributed by atoms with Crippen LogP contribution >= 0.6 is 0 Å². The van der Waals surface area contributed by atoms with Crippen LogP contribution in [0.4, 0.5) is 5.69 Å². The highest BCUT2D eigenvalue weighted by Gasteiger charge is 2.17. The first kappa shape index (κ1) is 26.4. The summed E-state index contributed by atoms with van der Waals surface area (Å²) in [5, 5.41) is 11.8. The Morgan fingerprint density at radius 3 is 1.73 bits per heavy atom. The van der Waals surface area contributed by atoms with Gasteiger partial charge in [0, 0.05) is 18.7 Å². The second-order valence-electron chi connectivity index (χ2n) is 9.04. The molecule has 0 fully saturated rings. The van der Waals surface area contributed by atoms with Gasteiger partial charge in [-0.1, -0.05) is 90.8 Å². The Labute approximate surface area is 183 Å². The zero-order valence-corrected chi connectivity index (χ0v) is 19.6. The lowest BCUT2D eigenvalue weighted by Gasteiger charge is -2.20. The summed E-state index contributed by atoms with van der Waals surface area (Å²) in [5.74, 6) is 0.455. The van der Waals surface area contributed by atoms with E-state index >= 15 is 0 Å². The molecule has 0 radical (unpaired) electrons. The highest BCUT2D eigenvalue weighted by atomic mass is 16.3. The largest absolute Gasteiger partial charge is 0.396 e. The number of benzene rings is 1. The number of aliphatic hydroxyl groups excluding tert-OH is 1. The molecular formula is C26H43NO3. The Hall–Kier alpha value is -1.68. The number of para-hydroxylation sites is 1. The molecule has 0 spiro atoms. The van der Waals surface area contributed by atoms with Gasteiger partial charge in [0.25, 0.3) is 0 Å². The van der Waals surface area contributed by atoms with E-state index in [4.69, 9.17) is 5.11 Å². The van der Waals surface area contributed by atoms with Crippen molar-refractivity contribution in [3.05, 3.63) is 29.3 Å². The Kier molecular flexibility index (Phi) is 13.3. The number of hydrogen-bond donors (Lipinski definition) is 2. The fourth-order valence-electron chi connectivity index (χ4n) is 3.82. The fraction of sp³-hybridized carbons (Fsp3) is 0.692. The molecule has 30 heavy (non-hydrogen) atoms. The van der Waals surface area contributed by atoms with Gasteiger partial charge in [-0.2, -0.15) is 0 Å². The Balaban J connectivity index is 2.33. The second kappa shape index (κ2) is 15.2. The first-order valence-electron chi connectivity index (χ1n) is 11.9. The van der Waals surface area contributed by atoms with Gasteiger partial charge >= 0.3 is 0 Å². The summed E-state index contributed by atoms with van der Waals surface area (Å²) in [5.41, 5.74) is 3.14. The molecule has 1 rings (SSSR count). The number of amides is 1. The molecule has 0 bridgehead atoms. The van der Waals surface area contributed by atoms with Crippen LogP contribution < -0.4 is 5.32 Å². The molecule has 0 unspecified atom stereocenters. The summed E-state index contributed by atoms with van der Waals surface area (Å²) in [6, 6.07) is 6.15. The van der Waals surface area contributed by atoms with Crippen molar-refractivity contribution in [2.75, 3.05) is 11.9 Å². The molecule has 1 amide bonds. The molecule has 1 aromatic rings. The lowest BCUT2D eigenvalue weighted by Crippen LogP contribution is -2.19. The quantitative estimate of drug-likeness (QED) is 0.232. The SMILES string of the molecule is CC(C)c1cccc(C(C)C)c1NC(=O)CC(=O)CCCCCCCCCCCO. The van der Waals surface area contributed by atoms with Crippen molar-refractivity contribution in [1.29, 1.82) is 0 Å². The Bertz CT molecular complexity index is 611. The zero-order valence-electron chi connectivity index (χ0n) is 19.6. The molecule has 0 aliphatic heterocycles. The van der Waals surface area contributed by atoms with Gasteiger partial charge < -0.3 is 10.4 Å². The van der Waals surface area contributed by atoms with Crippen LogP contribution in [0, 0.1) is 0 Å². The summed E-state index contributed by atoms with van der Waals surface area (Å²) in [4.78, 5) is 24.7. The van der Waals surface area contributed by atoms with E-state index in [2.05, 4.69) is 45.1 Å². The minimum absolute atomic E-state index is 0.0321. The number of carbonyl (C=O) groups is 2. The van der Waals surface area contributed by atoms with Crippen LogP contribution in [0.25, 0.3) is 0 Å². The number of Topliss-reactive ketones (excluding diaryl/α,β-unsaturated/α-hetero) is 1. The number of carbonyl (C=O) groups excluding carboxylic acids is 2. The van der Waals surface area contributed by atoms with Crippen molar-refractivity contribution in [3.63, 3.8) is 0 Å². The standard InChI is InChI=1S/C26H43NO3/c1-20(2)23-16-14-17-24(21(3)4)26(23)27-25(30)19-22(29)15-12-10-8-6-5-7-9-11-13-18-28/h14,16-17,20-21,28H,5-13,15,18-19H2,1-4H3,(H,27,30). The molecule has 0 saturated carbocycles. The second-order valence-corrected chi connectivity index (χ2v) is 9.04. The molecular weight excluding hydrogens is 374 g/mol. The molecule has 170 valence electrons. The third-order valence-corrected chi connectivity index (χ3v) is 5.61. The van der Waals surface area contributed by atoms with Crippen molar-refractivity contribution in [1.82, 2.24) is 0 Å². The maximum Gasteiger partial charge on any atom is 0.231 e.